The van der Waals surface area contributed by atoms with Gasteiger partial charge in [0.05, 0.1) is 18.7 Å². The number of hydrogen-bond donors (Lipinski definition) is 2. The van der Waals surface area contributed by atoms with Crippen LogP contribution >= 0.6 is 0 Å². The SMILES string of the molecule is COc1ccc(C(=O)NC2CCN(c3ccccc3C(=O)NC3CCCc4ccccc43)CC2)cc1. The van der Waals surface area contributed by atoms with Gasteiger partial charge in [-0.15, -0.1) is 0 Å². The van der Waals surface area contributed by atoms with Crippen molar-refractivity contribution in [2.45, 2.75) is 44.2 Å². The van der Waals surface area contributed by atoms with E-state index in [1.54, 1.807) is 31.4 Å². The lowest BCUT2D eigenvalue weighted by Crippen LogP contribution is -2.45. The summed E-state index contributed by atoms with van der Waals surface area (Å²) in [5, 5.41) is 6.46. The highest BCUT2D eigenvalue weighted by Crippen LogP contribution is 2.31. The fourth-order valence-electron chi connectivity index (χ4n) is 5.36. The molecule has 0 radical (unpaired) electrons. The number of fused-ring (bicyclic) bond motifs is 1. The second kappa shape index (κ2) is 10.9. The maximum absolute atomic E-state index is 13.4. The van der Waals surface area contributed by atoms with Gasteiger partial charge >= 0.3 is 0 Å². The van der Waals surface area contributed by atoms with E-state index in [1.165, 1.54) is 11.1 Å². The Labute approximate surface area is 212 Å². The minimum absolute atomic E-state index is 0.0257. The number of benzene rings is 3. The third-order valence-corrected chi connectivity index (χ3v) is 7.35. The van der Waals surface area contributed by atoms with Gasteiger partial charge in [-0.25, -0.2) is 0 Å². The average Bonchev–Trinajstić information content (AvgIpc) is 2.93. The number of ether oxygens (including phenoxy) is 1. The maximum Gasteiger partial charge on any atom is 0.253 e. The third-order valence-electron chi connectivity index (χ3n) is 7.35. The van der Waals surface area contributed by atoms with Gasteiger partial charge in [0.25, 0.3) is 11.8 Å². The van der Waals surface area contributed by atoms with E-state index in [9.17, 15) is 9.59 Å². The molecule has 3 aromatic rings. The molecule has 1 aliphatic heterocycles. The molecule has 1 atom stereocenters. The lowest BCUT2D eigenvalue weighted by atomic mass is 9.87. The molecule has 2 amide bonds. The molecular weight excluding hydrogens is 450 g/mol. The van der Waals surface area contributed by atoms with Crippen molar-refractivity contribution in [1.29, 1.82) is 0 Å². The van der Waals surface area contributed by atoms with E-state index in [0.29, 0.717) is 11.1 Å². The molecule has 0 aromatic heterocycles. The van der Waals surface area contributed by atoms with Crippen LogP contribution in [0.3, 0.4) is 0 Å². The van der Waals surface area contributed by atoms with Gasteiger partial charge in [0.1, 0.15) is 5.75 Å². The number of carbonyl (C=O) groups excluding carboxylic acids is 2. The predicted octanol–water partition coefficient (Wildman–Crippen LogP) is 4.90. The number of amides is 2. The molecule has 186 valence electrons. The quantitative estimate of drug-likeness (QED) is 0.523. The molecule has 0 saturated carbocycles. The van der Waals surface area contributed by atoms with Crippen LogP contribution in [-0.4, -0.2) is 38.1 Å². The van der Waals surface area contributed by atoms with Crippen molar-refractivity contribution in [2.24, 2.45) is 0 Å². The van der Waals surface area contributed by atoms with Gasteiger partial charge in [-0.05, 0) is 79.6 Å². The predicted molar refractivity (Wildman–Crippen MR) is 142 cm³/mol. The highest BCUT2D eigenvalue weighted by Gasteiger charge is 2.26. The van der Waals surface area contributed by atoms with Crippen LogP contribution in [0.1, 0.15) is 63.6 Å². The summed E-state index contributed by atoms with van der Waals surface area (Å²) in [6.45, 7) is 1.56. The molecule has 6 nitrogen and oxygen atoms in total. The van der Waals surface area contributed by atoms with Crippen molar-refractivity contribution in [3.05, 3.63) is 95.1 Å². The van der Waals surface area contributed by atoms with Gasteiger partial charge in [-0.2, -0.15) is 0 Å². The van der Waals surface area contributed by atoms with Crippen LogP contribution in [0.15, 0.2) is 72.8 Å². The normalized spacial score (nSPS) is 17.7. The second-order valence-electron chi connectivity index (χ2n) is 9.60. The summed E-state index contributed by atoms with van der Waals surface area (Å²) in [4.78, 5) is 28.3. The molecule has 0 bridgehead atoms. The molecule has 2 N–H and O–H groups in total. The van der Waals surface area contributed by atoms with Gasteiger partial charge in [-0.3, -0.25) is 9.59 Å². The average molecular weight is 484 g/mol. The van der Waals surface area contributed by atoms with Crippen LogP contribution in [0.5, 0.6) is 5.75 Å². The standard InChI is InChI=1S/C30H33N3O3/c1-36-24-15-13-22(14-16-24)29(34)31-23-17-19-33(20-18-23)28-12-5-4-10-26(28)30(35)32-27-11-6-8-21-7-2-3-9-25(21)27/h2-5,7,9-10,12-16,23,27H,6,8,11,17-20H2,1H3,(H,31,34)(H,32,35). The zero-order chi connectivity index (χ0) is 24.9. The van der Waals surface area contributed by atoms with Crippen LogP contribution in [0.4, 0.5) is 5.69 Å². The Bertz CT molecular complexity index is 1220. The molecule has 5 rings (SSSR count). The Morgan fingerprint density at radius 3 is 2.33 bits per heavy atom. The molecule has 1 saturated heterocycles. The van der Waals surface area contributed by atoms with E-state index in [4.69, 9.17) is 4.74 Å². The van der Waals surface area contributed by atoms with Crippen LogP contribution in [0.25, 0.3) is 0 Å². The van der Waals surface area contributed by atoms with Gasteiger partial charge in [0.2, 0.25) is 0 Å². The van der Waals surface area contributed by atoms with Crippen molar-refractivity contribution < 1.29 is 14.3 Å². The number of para-hydroxylation sites is 1. The summed E-state index contributed by atoms with van der Waals surface area (Å²) in [6.07, 6.45) is 4.77. The summed E-state index contributed by atoms with van der Waals surface area (Å²) < 4.78 is 5.17. The number of hydrogen-bond acceptors (Lipinski definition) is 4. The number of nitrogens with one attached hydrogen (secondary N) is 2. The van der Waals surface area contributed by atoms with Crippen molar-refractivity contribution in [2.75, 3.05) is 25.1 Å². The largest absolute Gasteiger partial charge is 0.497 e. The summed E-state index contributed by atoms with van der Waals surface area (Å²) >= 11 is 0. The molecule has 3 aromatic carbocycles. The lowest BCUT2D eigenvalue weighted by Gasteiger charge is -2.35. The highest BCUT2D eigenvalue weighted by molar-refractivity contribution is 6.00. The van der Waals surface area contributed by atoms with E-state index in [1.807, 2.05) is 24.3 Å². The molecule has 0 spiro atoms. The van der Waals surface area contributed by atoms with Gasteiger partial charge in [-0.1, -0.05) is 36.4 Å². The third kappa shape index (κ3) is 5.23. The first-order valence-electron chi connectivity index (χ1n) is 12.8. The fourth-order valence-corrected chi connectivity index (χ4v) is 5.36. The number of methoxy groups -OCH3 is 1. The number of carbonyl (C=O) groups is 2. The number of nitrogens with zero attached hydrogens (tertiary/aromatic N) is 1. The Balaban J connectivity index is 1.21. The first-order valence-corrected chi connectivity index (χ1v) is 12.8. The van der Waals surface area contributed by atoms with E-state index in [2.05, 4.69) is 39.8 Å². The topological polar surface area (TPSA) is 70.7 Å². The van der Waals surface area contributed by atoms with Gasteiger partial charge in [0, 0.05) is 30.4 Å². The summed E-state index contributed by atoms with van der Waals surface area (Å²) in [6, 6.07) is 23.6. The number of rotatable bonds is 6. The zero-order valence-corrected chi connectivity index (χ0v) is 20.7. The van der Waals surface area contributed by atoms with E-state index >= 15 is 0 Å². The maximum atomic E-state index is 13.4. The van der Waals surface area contributed by atoms with Crippen molar-refractivity contribution in [1.82, 2.24) is 10.6 Å². The van der Waals surface area contributed by atoms with Gasteiger partial charge in [0.15, 0.2) is 0 Å². The van der Waals surface area contributed by atoms with Crippen LogP contribution in [0, 0.1) is 0 Å². The van der Waals surface area contributed by atoms with Crippen molar-refractivity contribution in [3.63, 3.8) is 0 Å². The molecule has 6 heteroatoms. The smallest absolute Gasteiger partial charge is 0.253 e. The summed E-state index contributed by atoms with van der Waals surface area (Å²) in [5.41, 5.74) is 4.87. The Hall–Kier alpha value is -3.80. The number of anilines is 1. The Kier molecular flexibility index (Phi) is 7.21. The first-order chi connectivity index (χ1) is 17.6. The molecule has 36 heavy (non-hydrogen) atoms. The molecule has 2 aliphatic rings. The minimum atomic E-state index is -0.0661. The lowest BCUT2D eigenvalue weighted by molar-refractivity contribution is 0.0926. The van der Waals surface area contributed by atoms with Crippen LogP contribution in [0.2, 0.25) is 0 Å². The second-order valence-corrected chi connectivity index (χ2v) is 9.60. The van der Waals surface area contributed by atoms with Crippen molar-refractivity contribution in [3.8, 4) is 5.75 Å². The molecule has 1 unspecified atom stereocenters. The summed E-state index contributed by atoms with van der Waals surface area (Å²) in [5.74, 6) is 0.640. The molecular formula is C30H33N3O3. The van der Waals surface area contributed by atoms with E-state index in [0.717, 1.165) is 56.6 Å². The molecule has 1 fully saturated rings. The highest BCUT2D eigenvalue weighted by atomic mass is 16.5. The van der Waals surface area contributed by atoms with Crippen molar-refractivity contribution >= 4 is 17.5 Å². The molecule has 1 heterocycles. The van der Waals surface area contributed by atoms with E-state index in [-0.39, 0.29) is 23.9 Å². The molecule has 1 aliphatic carbocycles. The summed E-state index contributed by atoms with van der Waals surface area (Å²) in [7, 11) is 1.61. The number of piperidine rings is 1. The first kappa shape index (κ1) is 23.9. The Morgan fingerprint density at radius 2 is 1.56 bits per heavy atom. The van der Waals surface area contributed by atoms with Gasteiger partial charge < -0.3 is 20.3 Å². The monoisotopic (exact) mass is 483 g/mol. The van der Waals surface area contributed by atoms with Crippen LogP contribution in [-0.2, 0) is 6.42 Å². The minimum Gasteiger partial charge on any atom is -0.497 e. The van der Waals surface area contributed by atoms with Crippen LogP contribution < -0.4 is 20.3 Å². The number of aryl methyl sites for hydroxylation is 1. The van der Waals surface area contributed by atoms with E-state index < -0.39 is 0 Å². The zero-order valence-electron chi connectivity index (χ0n) is 20.7. The fraction of sp³-hybridized carbons (Fsp3) is 0.333. The Morgan fingerprint density at radius 1 is 0.833 bits per heavy atom.